The first kappa shape index (κ1) is 14.8. The quantitative estimate of drug-likeness (QED) is 0.799. The van der Waals surface area contributed by atoms with Crippen molar-refractivity contribution >= 4 is 11.6 Å². The molecular weight excluding hydrogens is 293 g/mol. The molecule has 0 spiro atoms. The SMILES string of the molecule is Cc1ncc(-c2ccccc2)nc1C(=O)Nc1ccc(F)cc1. The van der Waals surface area contributed by atoms with Gasteiger partial charge in [0.05, 0.1) is 17.6 Å². The first-order valence-corrected chi connectivity index (χ1v) is 7.09. The van der Waals surface area contributed by atoms with E-state index in [1.165, 1.54) is 24.3 Å². The average molecular weight is 307 g/mol. The summed E-state index contributed by atoms with van der Waals surface area (Å²) < 4.78 is 12.9. The lowest BCUT2D eigenvalue weighted by atomic mass is 10.1. The molecule has 23 heavy (non-hydrogen) atoms. The number of hydrogen-bond acceptors (Lipinski definition) is 3. The van der Waals surface area contributed by atoms with Gasteiger partial charge in [0, 0.05) is 11.3 Å². The first-order chi connectivity index (χ1) is 11.1. The normalized spacial score (nSPS) is 10.3. The van der Waals surface area contributed by atoms with Gasteiger partial charge < -0.3 is 5.32 Å². The van der Waals surface area contributed by atoms with E-state index in [-0.39, 0.29) is 17.4 Å². The minimum Gasteiger partial charge on any atom is -0.321 e. The summed E-state index contributed by atoms with van der Waals surface area (Å²) in [7, 11) is 0. The molecule has 3 aromatic rings. The summed E-state index contributed by atoms with van der Waals surface area (Å²) in [4.78, 5) is 21.1. The molecule has 5 heteroatoms. The van der Waals surface area contributed by atoms with Crippen molar-refractivity contribution in [1.29, 1.82) is 0 Å². The minimum atomic E-state index is -0.376. The standard InChI is InChI=1S/C18H14FN3O/c1-12-17(18(23)21-15-9-7-14(19)8-10-15)22-16(11-20-12)13-5-3-2-4-6-13/h2-11H,1H3,(H,21,23). The van der Waals surface area contributed by atoms with E-state index in [1.54, 1.807) is 13.1 Å². The molecule has 2 aromatic carbocycles. The highest BCUT2D eigenvalue weighted by Gasteiger charge is 2.14. The van der Waals surface area contributed by atoms with Crippen LogP contribution in [-0.2, 0) is 0 Å². The minimum absolute atomic E-state index is 0.246. The molecule has 0 radical (unpaired) electrons. The Morgan fingerprint density at radius 3 is 2.43 bits per heavy atom. The third-order valence-corrected chi connectivity index (χ3v) is 3.34. The Bertz CT molecular complexity index is 833. The van der Waals surface area contributed by atoms with Crippen LogP contribution in [0.1, 0.15) is 16.2 Å². The Morgan fingerprint density at radius 1 is 1.04 bits per heavy atom. The monoisotopic (exact) mass is 307 g/mol. The Morgan fingerprint density at radius 2 is 1.74 bits per heavy atom. The maximum atomic E-state index is 12.9. The van der Waals surface area contributed by atoms with Crippen LogP contribution in [0.3, 0.4) is 0 Å². The molecule has 114 valence electrons. The van der Waals surface area contributed by atoms with Gasteiger partial charge in [0.25, 0.3) is 5.91 Å². The van der Waals surface area contributed by atoms with Crippen LogP contribution in [0.15, 0.2) is 60.8 Å². The number of rotatable bonds is 3. The van der Waals surface area contributed by atoms with Crippen LogP contribution >= 0.6 is 0 Å². The van der Waals surface area contributed by atoms with Crippen molar-refractivity contribution in [2.45, 2.75) is 6.92 Å². The summed E-state index contributed by atoms with van der Waals surface area (Å²) in [5, 5.41) is 2.70. The molecule has 3 rings (SSSR count). The maximum Gasteiger partial charge on any atom is 0.276 e. The molecule has 1 aromatic heterocycles. The van der Waals surface area contributed by atoms with Gasteiger partial charge in [-0.1, -0.05) is 30.3 Å². The second kappa shape index (κ2) is 6.36. The highest BCUT2D eigenvalue weighted by atomic mass is 19.1. The molecule has 4 nitrogen and oxygen atoms in total. The van der Waals surface area contributed by atoms with E-state index in [9.17, 15) is 9.18 Å². The zero-order chi connectivity index (χ0) is 16.2. The van der Waals surface area contributed by atoms with E-state index in [0.717, 1.165) is 5.56 Å². The molecule has 1 N–H and O–H groups in total. The van der Waals surface area contributed by atoms with Crippen molar-refractivity contribution in [1.82, 2.24) is 9.97 Å². The van der Waals surface area contributed by atoms with Crippen LogP contribution in [0.2, 0.25) is 0 Å². The molecule has 1 amide bonds. The van der Waals surface area contributed by atoms with Gasteiger partial charge in [-0.3, -0.25) is 9.78 Å². The number of nitrogens with zero attached hydrogens (tertiary/aromatic N) is 2. The van der Waals surface area contributed by atoms with E-state index in [4.69, 9.17) is 0 Å². The van der Waals surface area contributed by atoms with Crippen molar-refractivity contribution < 1.29 is 9.18 Å². The summed E-state index contributed by atoms with van der Waals surface area (Å²) in [6.45, 7) is 1.72. The largest absolute Gasteiger partial charge is 0.321 e. The highest BCUT2D eigenvalue weighted by Crippen LogP contribution is 2.18. The molecule has 0 aliphatic rings. The van der Waals surface area contributed by atoms with Gasteiger partial charge in [-0.15, -0.1) is 0 Å². The summed E-state index contributed by atoms with van der Waals surface area (Å²) in [6, 6.07) is 15.1. The number of carbonyl (C=O) groups is 1. The highest BCUT2D eigenvalue weighted by molar-refractivity contribution is 6.03. The van der Waals surface area contributed by atoms with Crippen LogP contribution in [0, 0.1) is 12.7 Å². The molecule has 0 aliphatic heterocycles. The third-order valence-electron chi connectivity index (χ3n) is 3.34. The summed E-state index contributed by atoms with van der Waals surface area (Å²) in [5.41, 5.74) is 2.79. The van der Waals surface area contributed by atoms with Crippen molar-refractivity contribution in [3.8, 4) is 11.3 Å². The zero-order valence-corrected chi connectivity index (χ0v) is 12.5. The van der Waals surface area contributed by atoms with E-state index >= 15 is 0 Å². The van der Waals surface area contributed by atoms with Gasteiger partial charge >= 0.3 is 0 Å². The van der Waals surface area contributed by atoms with Crippen molar-refractivity contribution in [3.05, 3.63) is 78.0 Å². The number of aryl methyl sites for hydroxylation is 1. The van der Waals surface area contributed by atoms with Gasteiger partial charge in [-0.2, -0.15) is 0 Å². The first-order valence-electron chi connectivity index (χ1n) is 7.09. The number of anilines is 1. The van der Waals surface area contributed by atoms with Gasteiger partial charge in [-0.25, -0.2) is 9.37 Å². The number of amides is 1. The van der Waals surface area contributed by atoms with Gasteiger partial charge in [0.2, 0.25) is 0 Å². The third kappa shape index (κ3) is 3.40. The molecule has 0 unspecified atom stereocenters. The summed E-state index contributed by atoms with van der Waals surface area (Å²) in [5.74, 6) is -0.732. The lowest BCUT2D eigenvalue weighted by Crippen LogP contribution is -2.16. The second-order valence-electron chi connectivity index (χ2n) is 5.02. The maximum absolute atomic E-state index is 12.9. The molecule has 0 saturated carbocycles. The number of benzene rings is 2. The topological polar surface area (TPSA) is 54.9 Å². The van der Waals surface area contributed by atoms with Crippen LogP contribution in [0.5, 0.6) is 0 Å². The number of hydrogen-bond donors (Lipinski definition) is 1. The number of halogens is 1. The fraction of sp³-hybridized carbons (Fsp3) is 0.0556. The Labute approximate surface area is 133 Å². The second-order valence-corrected chi connectivity index (χ2v) is 5.02. The number of aromatic nitrogens is 2. The summed E-state index contributed by atoms with van der Waals surface area (Å²) >= 11 is 0. The Kier molecular flexibility index (Phi) is 4.10. The van der Waals surface area contributed by atoms with Crippen LogP contribution in [0.25, 0.3) is 11.3 Å². The van der Waals surface area contributed by atoms with Crippen molar-refractivity contribution in [2.75, 3.05) is 5.32 Å². The van der Waals surface area contributed by atoms with Gasteiger partial charge in [-0.05, 0) is 31.2 Å². The van der Waals surface area contributed by atoms with Crippen molar-refractivity contribution in [2.24, 2.45) is 0 Å². The van der Waals surface area contributed by atoms with Crippen molar-refractivity contribution in [3.63, 3.8) is 0 Å². The van der Waals surface area contributed by atoms with Crippen LogP contribution in [0.4, 0.5) is 10.1 Å². The Hall–Kier alpha value is -3.08. The average Bonchev–Trinajstić information content (AvgIpc) is 2.58. The Balaban J connectivity index is 1.89. The fourth-order valence-electron chi connectivity index (χ4n) is 2.14. The van der Waals surface area contributed by atoms with E-state index in [2.05, 4.69) is 15.3 Å². The fourth-order valence-corrected chi connectivity index (χ4v) is 2.14. The molecule has 0 fully saturated rings. The van der Waals surface area contributed by atoms with Crippen LogP contribution < -0.4 is 5.32 Å². The molecule has 0 saturated heterocycles. The predicted molar refractivity (Wildman–Crippen MR) is 86.6 cm³/mol. The predicted octanol–water partition coefficient (Wildman–Crippen LogP) is 3.84. The summed E-state index contributed by atoms with van der Waals surface area (Å²) in [6.07, 6.45) is 1.64. The lowest BCUT2D eigenvalue weighted by molar-refractivity contribution is 0.102. The van der Waals surface area contributed by atoms with E-state index in [0.29, 0.717) is 17.1 Å². The molecule has 1 heterocycles. The number of carbonyl (C=O) groups excluding carboxylic acids is 1. The molecule has 0 aliphatic carbocycles. The number of nitrogens with one attached hydrogen (secondary N) is 1. The zero-order valence-electron chi connectivity index (χ0n) is 12.5. The van der Waals surface area contributed by atoms with Crippen LogP contribution in [-0.4, -0.2) is 15.9 Å². The van der Waals surface area contributed by atoms with E-state index < -0.39 is 0 Å². The molecule has 0 atom stereocenters. The van der Waals surface area contributed by atoms with E-state index in [1.807, 2.05) is 30.3 Å². The van der Waals surface area contributed by atoms with Gasteiger partial charge in [0.1, 0.15) is 11.5 Å². The molecular formula is C18H14FN3O. The molecule has 0 bridgehead atoms. The van der Waals surface area contributed by atoms with Gasteiger partial charge in [0.15, 0.2) is 0 Å². The lowest BCUT2D eigenvalue weighted by Gasteiger charge is -2.08. The smallest absolute Gasteiger partial charge is 0.276 e.